The molecule has 0 aliphatic rings. The zero-order valence-corrected chi connectivity index (χ0v) is 10.6. The van der Waals surface area contributed by atoms with Crippen LogP contribution in [0.3, 0.4) is 0 Å². The molecule has 0 spiro atoms. The Morgan fingerprint density at radius 2 is 2.18 bits per heavy atom. The van der Waals surface area contributed by atoms with Crippen molar-refractivity contribution in [3.63, 3.8) is 0 Å². The second kappa shape index (κ2) is 5.58. The summed E-state index contributed by atoms with van der Waals surface area (Å²) in [6, 6.07) is 0. The summed E-state index contributed by atoms with van der Waals surface area (Å²) in [6.07, 6.45) is 2.98. The molecule has 6 heteroatoms. The molecule has 0 aliphatic heterocycles. The van der Waals surface area contributed by atoms with Gasteiger partial charge in [-0.25, -0.2) is 4.98 Å². The van der Waals surface area contributed by atoms with Crippen LogP contribution in [0.25, 0.3) is 0 Å². The van der Waals surface area contributed by atoms with Gasteiger partial charge in [-0.2, -0.15) is 0 Å². The molecular weight excluding hydrogens is 220 g/mol. The van der Waals surface area contributed by atoms with Crippen molar-refractivity contribution in [2.45, 2.75) is 19.4 Å². The molecule has 1 aromatic heterocycles. The highest BCUT2D eigenvalue weighted by Crippen LogP contribution is 2.06. The van der Waals surface area contributed by atoms with Gasteiger partial charge < -0.3 is 15.4 Å². The molecule has 1 aromatic rings. The molecule has 0 fully saturated rings. The first-order valence-electron chi connectivity index (χ1n) is 5.30. The van der Waals surface area contributed by atoms with Gasteiger partial charge >= 0.3 is 0 Å². The quantitative estimate of drug-likeness (QED) is 0.788. The second-order valence-electron chi connectivity index (χ2n) is 4.31. The van der Waals surface area contributed by atoms with Crippen LogP contribution in [0, 0.1) is 0 Å². The fraction of sp³-hybridized carbons (Fsp3) is 0.545. The van der Waals surface area contributed by atoms with E-state index in [9.17, 15) is 4.79 Å². The van der Waals surface area contributed by atoms with E-state index in [0.717, 1.165) is 0 Å². The first-order chi connectivity index (χ1) is 7.98. The van der Waals surface area contributed by atoms with Gasteiger partial charge in [0, 0.05) is 14.2 Å². The fourth-order valence-corrected chi connectivity index (χ4v) is 1.36. The molecule has 0 aliphatic carbocycles. The number of aromatic nitrogens is 2. The molecule has 0 unspecified atom stereocenters. The maximum Gasteiger partial charge on any atom is 0.272 e. The lowest BCUT2D eigenvalue weighted by Crippen LogP contribution is -2.47. The number of carbonyl (C=O) groups is 1. The summed E-state index contributed by atoms with van der Waals surface area (Å²) < 4.78 is 5.03. The van der Waals surface area contributed by atoms with E-state index in [-0.39, 0.29) is 11.6 Å². The zero-order chi connectivity index (χ0) is 12.9. The number of rotatable bonds is 5. The van der Waals surface area contributed by atoms with Gasteiger partial charge in [-0.15, -0.1) is 0 Å². The molecule has 17 heavy (non-hydrogen) atoms. The van der Waals surface area contributed by atoms with Crippen LogP contribution in [0.1, 0.15) is 24.3 Å². The van der Waals surface area contributed by atoms with Crippen molar-refractivity contribution < 1.29 is 9.53 Å². The number of nitrogens with zero attached hydrogens (tertiary/aromatic N) is 2. The van der Waals surface area contributed by atoms with Crippen molar-refractivity contribution >= 4 is 11.7 Å². The van der Waals surface area contributed by atoms with Crippen LogP contribution in [0.5, 0.6) is 0 Å². The minimum absolute atomic E-state index is 0.267. The minimum atomic E-state index is -0.441. The van der Waals surface area contributed by atoms with E-state index >= 15 is 0 Å². The second-order valence-corrected chi connectivity index (χ2v) is 4.31. The summed E-state index contributed by atoms with van der Waals surface area (Å²) in [6.45, 7) is 4.19. The maximum atomic E-state index is 11.9. The fourth-order valence-electron chi connectivity index (χ4n) is 1.36. The van der Waals surface area contributed by atoms with Crippen molar-refractivity contribution in [2.24, 2.45) is 0 Å². The molecule has 0 aromatic carbocycles. The Morgan fingerprint density at radius 3 is 2.76 bits per heavy atom. The summed E-state index contributed by atoms with van der Waals surface area (Å²) in [5.74, 6) is 0.291. The molecule has 1 rings (SSSR count). The number of amides is 1. The third kappa shape index (κ3) is 3.99. The highest BCUT2D eigenvalue weighted by molar-refractivity contribution is 5.92. The summed E-state index contributed by atoms with van der Waals surface area (Å²) in [7, 11) is 3.32. The number of ether oxygens (including phenoxy) is 1. The molecule has 0 saturated carbocycles. The predicted molar refractivity (Wildman–Crippen MR) is 65.0 cm³/mol. The molecule has 1 amide bonds. The van der Waals surface area contributed by atoms with E-state index in [2.05, 4.69) is 20.6 Å². The Kier molecular flexibility index (Phi) is 4.39. The molecule has 1 heterocycles. The van der Waals surface area contributed by atoms with Gasteiger partial charge in [-0.05, 0) is 13.8 Å². The van der Waals surface area contributed by atoms with Gasteiger partial charge in [0.2, 0.25) is 0 Å². The number of anilines is 1. The highest BCUT2D eigenvalue weighted by Gasteiger charge is 2.21. The normalized spacial score (nSPS) is 11.1. The monoisotopic (exact) mass is 238 g/mol. The van der Waals surface area contributed by atoms with Gasteiger partial charge in [-0.3, -0.25) is 9.78 Å². The van der Waals surface area contributed by atoms with Crippen molar-refractivity contribution in [1.82, 2.24) is 15.3 Å². The summed E-state index contributed by atoms with van der Waals surface area (Å²) in [4.78, 5) is 20.0. The predicted octanol–water partition coefficient (Wildman–Crippen LogP) is 0.673. The highest BCUT2D eigenvalue weighted by atomic mass is 16.5. The first-order valence-corrected chi connectivity index (χ1v) is 5.30. The SMILES string of the molecule is CNc1cncc(C(=O)NC(C)(C)COC)n1. The molecule has 2 N–H and O–H groups in total. The van der Waals surface area contributed by atoms with Crippen molar-refractivity contribution in [1.29, 1.82) is 0 Å². The molecule has 0 bridgehead atoms. The van der Waals surface area contributed by atoms with Crippen LogP contribution < -0.4 is 10.6 Å². The molecule has 94 valence electrons. The topological polar surface area (TPSA) is 76.1 Å². The Balaban J connectivity index is 2.75. The molecule has 6 nitrogen and oxygen atoms in total. The number of hydrogen-bond donors (Lipinski definition) is 2. The molecular formula is C11H18N4O2. The summed E-state index contributed by atoms with van der Waals surface area (Å²) in [5, 5.41) is 5.66. The van der Waals surface area contributed by atoms with Gasteiger partial charge in [-0.1, -0.05) is 0 Å². The Labute approximate surface area is 101 Å². The smallest absolute Gasteiger partial charge is 0.272 e. The van der Waals surface area contributed by atoms with Gasteiger partial charge in [0.15, 0.2) is 0 Å². The van der Waals surface area contributed by atoms with E-state index in [1.165, 1.54) is 6.20 Å². The minimum Gasteiger partial charge on any atom is -0.382 e. The number of hydrogen-bond acceptors (Lipinski definition) is 5. The van der Waals surface area contributed by atoms with Crippen molar-refractivity contribution in [3.05, 3.63) is 18.1 Å². The van der Waals surface area contributed by atoms with Crippen LogP contribution in [-0.2, 0) is 4.74 Å². The number of nitrogens with one attached hydrogen (secondary N) is 2. The number of methoxy groups -OCH3 is 1. The van der Waals surface area contributed by atoms with E-state index in [4.69, 9.17) is 4.74 Å². The molecule has 0 radical (unpaired) electrons. The van der Waals surface area contributed by atoms with E-state index in [1.54, 1.807) is 20.4 Å². The standard InChI is InChI=1S/C11H18N4O2/c1-11(2,7-17-4)15-10(16)8-5-13-6-9(12-3)14-8/h5-6H,7H2,1-4H3,(H,12,14)(H,15,16). The average molecular weight is 238 g/mol. The van der Waals surface area contributed by atoms with Crippen LogP contribution in [-0.4, -0.2) is 42.2 Å². The molecule has 0 saturated heterocycles. The van der Waals surface area contributed by atoms with Crippen molar-refractivity contribution in [3.8, 4) is 0 Å². The summed E-state index contributed by atoms with van der Waals surface area (Å²) >= 11 is 0. The van der Waals surface area contributed by atoms with Crippen LogP contribution in [0.2, 0.25) is 0 Å². The lowest BCUT2D eigenvalue weighted by Gasteiger charge is -2.24. The third-order valence-corrected chi connectivity index (χ3v) is 2.08. The molecule has 0 atom stereocenters. The average Bonchev–Trinajstić information content (AvgIpc) is 2.28. The van der Waals surface area contributed by atoms with Crippen LogP contribution in [0.15, 0.2) is 12.4 Å². The number of carbonyl (C=O) groups excluding carboxylic acids is 1. The third-order valence-electron chi connectivity index (χ3n) is 2.08. The van der Waals surface area contributed by atoms with E-state index < -0.39 is 5.54 Å². The summed E-state index contributed by atoms with van der Waals surface area (Å²) in [5.41, 5.74) is -0.163. The van der Waals surface area contributed by atoms with Crippen LogP contribution in [0.4, 0.5) is 5.82 Å². The Bertz CT molecular complexity index is 393. The van der Waals surface area contributed by atoms with Crippen molar-refractivity contribution in [2.75, 3.05) is 26.1 Å². The van der Waals surface area contributed by atoms with Gasteiger partial charge in [0.25, 0.3) is 5.91 Å². The van der Waals surface area contributed by atoms with E-state index in [0.29, 0.717) is 12.4 Å². The maximum absolute atomic E-state index is 11.9. The van der Waals surface area contributed by atoms with Crippen LogP contribution >= 0.6 is 0 Å². The van der Waals surface area contributed by atoms with Gasteiger partial charge in [0.1, 0.15) is 11.5 Å². The van der Waals surface area contributed by atoms with Gasteiger partial charge in [0.05, 0.1) is 24.5 Å². The first kappa shape index (κ1) is 13.4. The zero-order valence-electron chi connectivity index (χ0n) is 10.6. The largest absolute Gasteiger partial charge is 0.382 e. The Morgan fingerprint density at radius 1 is 1.47 bits per heavy atom. The Hall–Kier alpha value is -1.69. The van der Waals surface area contributed by atoms with E-state index in [1.807, 2.05) is 13.8 Å². The lowest BCUT2D eigenvalue weighted by molar-refractivity contribution is 0.0815. The lowest BCUT2D eigenvalue weighted by atomic mass is 10.1.